The quantitative estimate of drug-likeness (QED) is 0.764. The average molecular weight is 239 g/mol. The lowest BCUT2D eigenvalue weighted by molar-refractivity contribution is -0.0368. The molecule has 2 heteroatoms. The standard InChI is InChI=1S/C15H29NO/c1-16(2)15(17)14-10-6-9-13(11-14)12-7-4-3-5-8-12/h12-15,17H,3-11H2,1-2H3. The summed E-state index contributed by atoms with van der Waals surface area (Å²) in [7, 11) is 3.99. The first-order chi connectivity index (χ1) is 8.18. The second-order valence-electron chi connectivity index (χ2n) is 6.46. The SMILES string of the molecule is CN(C)C(O)C1CCCC(C2CCCCC2)C1. The molecule has 3 atom stereocenters. The van der Waals surface area contributed by atoms with Crippen molar-refractivity contribution in [1.29, 1.82) is 0 Å². The van der Waals surface area contributed by atoms with Crippen molar-refractivity contribution in [1.82, 2.24) is 4.90 Å². The van der Waals surface area contributed by atoms with Gasteiger partial charge in [0.2, 0.25) is 0 Å². The number of aliphatic hydroxyl groups excluding tert-OH is 1. The molecule has 2 aliphatic rings. The molecule has 2 saturated carbocycles. The third-order valence-corrected chi connectivity index (χ3v) is 5.02. The number of nitrogens with zero attached hydrogens (tertiary/aromatic N) is 1. The van der Waals surface area contributed by atoms with Crippen LogP contribution in [0.15, 0.2) is 0 Å². The first-order valence-electron chi connectivity index (χ1n) is 7.53. The van der Waals surface area contributed by atoms with Gasteiger partial charge >= 0.3 is 0 Å². The van der Waals surface area contributed by atoms with E-state index in [-0.39, 0.29) is 6.23 Å². The van der Waals surface area contributed by atoms with E-state index in [0.29, 0.717) is 5.92 Å². The van der Waals surface area contributed by atoms with Crippen LogP contribution in [-0.2, 0) is 0 Å². The second-order valence-corrected chi connectivity index (χ2v) is 6.46. The van der Waals surface area contributed by atoms with Crippen molar-refractivity contribution in [3.63, 3.8) is 0 Å². The predicted molar refractivity (Wildman–Crippen MR) is 71.7 cm³/mol. The lowest BCUT2D eigenvalue weighted by Gasteiger charge is -2.39. The van der Waals surface area contributed by atoms with Gasteiger partial charge in [-0.25, -0.2) is 0 Å². The molecule has 0 heterocycles. The van der Waals surface area contributed by atoms with E-state index in [0.717, 1.165) is 11.8 Å². The van der Waals surface area contributed by atoms with Crippen LogP contribution in [0.1, 0.15) is 57.8 Å². The van der Waals surface area contributed by atoms with Crippen molar-refractivity contribution in [2.24, 2.45) is 17.8 Å². The predicted octanol–water partition coefficient (Wildman–Crippen LogP) is 3.25. The Bertz CT molecular complexity index is 223. The van der Waals surface area contributed by atoms with E-state index in [1.54, 1.807) is 0 Å². The molecular formula is C15H29NO. The van der Waals surface area contributed by atoms with Crippen molar-refractivity contribution in [2.45, 2.75) is 64.0 Å². The lowest BCUT2D eigenvalue weighted by Crippen LogP contribution is -2.38. The largest absolute Gasteiger partial charge is 0.378 e. The fourth-order valence-corrected chi connectivity index (χ4v) is 3.99. The van der Waals surface area contributed by atoms with Crippen LogP contribution in [0, 0.1) is 17.8 Å². The molecule has 0 aromatic rings. The Balaban J connectivity index is 1.87. The molecule has 2 nitrogen and oxygen atoms in total. The fraction of sp³-hybridized carbons (Fsp3) is 1.00. The van der Waals surface area contributed by atoms with Gasteiger partial charge < -0.3 is 5.11 Å². The van der Waals surface area contributed by atoms with Gasteiger partial charge in [-0.05, 0) is 44.7 Å². The highest BCUT2D eigenvalue weighted by Crippen LogP contribution is 2.41. The topological polar surface area (TPSA) is 23.5 Å². The van der Waals surface area contributed by atoms with Crippen LogP contribution in [0.25, 0.3) is 0 Å². The Labute approximate surface area is 106 Å². The van der Waals surface area contributed by atoms with Crippen LogP contribution < -0.4 is 0 Å². The maximum absolute atomic E-state index is 10.2. The molecule has 3 unspecified atom stereocenters. The molecule has 0 aromatic heterocycles. The van der Waals surface area contributed by atoms with E-state index in [1.807, 2.05) is 19.0 Å². The van der Waals surface area contributed by atoms with E-state index in [9.17, 15) is 5.11 Å². The second kappa shape index (κ2) is 6.19. The third-order valence-electron chi connectivity index (χ3n) is 5.02. The van der Waals surface area contributed by atoms with Crippen LogP contribution in [0.3, 0.4) is 0 Å². The molecule has 0 saturated heterocycles. The van der Waals surface area contributed by atoms with Crippen molar-refractivity contribution in [2.75, 3.05) is 14.1 Å². The van der Waals surface area contributed by atoms with Crippen molar-refractivity contribution < 1.29 is 5.11 Å². The van der Waals surface area contributed by atoms with Crippen LogP contribution >= 0.6 is 0 Å². The fourth-order valence-electron chi connectivity index (χ4n) is 3.99. The first-order valence-corrected chi connectivity index (χ1v) is 7.53. The Morgan fingerprint density at radius 1 is 0.882 bits per heavy atom. The molecule has 17 heavy (non-hydrogen) atoms. The Kier molecular flexibility index (Phi) is 4.87. The number of rotatable bonds is 3. The van der Waals surface area contributed by atoms with Gasteiger partial charge in [0.05, 0.1) is 0 Å². The molecular weight excluding hydrogens is 210 g/mol. The summed E-state index contributed by atoms with van der Waals surface area (Å²) in [5.41, 5.74) is 0. The van der Waals surface area contributed by atoms with E-state index in [4.69, 9.17) is 0 Å². The smallest absolute Gasteiger partial charge is 0.109 e. The van der Waals surface area contributed by atoms with E-state index >= 15 is 0 Å². The molecule has 0 amide bonds. The number of hydrogen-bond acceptors (Lipinski definition) is 2. The molecule has 1 N–H and O–H groups in total. The van der Waals surface area contributed by atoms with Crippen LogP contribution in [0.5, 0.6) is 0 Å². The van der Waals surface area contributed by atoms with Gasteiger partial charge in [-0.15, -0.1) is 0 Å². The molecule has 2 aliphatic carbocycles. The molecule has 0 spiro atoms. The maximum Gasteiger partial charge on any atom is 0.109 e. The maximum atomic E-state index is 10.2. The van der Waals surface area contributed by atoms with Gasteiger partial charge in [0.25, 0.3) is 0 Å². The summed E-state index contributed by atoms with van der Waals surface area (Å²) in [6.45, 7) is 0. The van der Waals surface area contributed by atoms with Gasteiger partial charge in [-0.1, -0.05) is 44.9 Å². The minimum absolute atomic E-state index is 0.221. The van der Waals surface area contributed by atoms with Gasteiger partial charge in [0, 0.05) is 0 Å². The van der Waals surface area contributed by atoms with Gasteiger partial charge in [0.15, 0.2) is 0 Å². The third kappa shape index (κ3) is 3.45. The van der Waals surface area contributed by atoms with E-state index < -0.39 is 0 Å². The van der Waals surface area contributed by atoms with Gasteiger partial charge in [-0.2, -0.15) is 0 Å². The first kappa shape index (κ1) is 13.4. The zero-order valence-corrected chi connectivity index (χ0v) is 11.6. The summed E-state index contributed by atoms with van der Waals surface area (Å²) in [4.78, 5) is 1.98. The molecule has 2 fully saturated rings. The average Bonchev–Trinajstić information content (AvgIpc) is 2.39. The molecule has 0 aliphatic heterocycles. The van der Waals surface area contributed by atoms with Crippen LogP contribution in [0.2, 0.25) is 0 Å². The number of aliphatic hydroxyl groups is 1. The van der Waals surface area contributed by atoms with Crippen LogP contribution in [-0.4, -0.2) is 30.3 Å². The molecule has 0 aromatic carbocycles. The van der Waals surface area contributed by atoms with Gasteiger partial charge in [0.1, 0.15) is 6.23 Å². The zero-order valence-electron chi connectivity index (χ0n) is 11.6. The molecule has 0 bridgehead atoms. The van der Waals surface area contributed by atoms with Crippen LogP contribution in [0.4, 0.5) is 0 Å². The van der Waals surface area contributed by atoms with Crippen molar-refractivity contribution in [3.8, 4) is 0 Å². The summed E-state index contributed by atoms with van der Waals surface area (Å²) >= 11 is 0. The highest BCUT2D eigenvalue weighted by molar-refractivity contribution is 4.82. The molecule has 0 radical (unpaired) electrons. The van der Waals surface area contributed by atoms with Crippen molar-refractivity contribution in [3.05, 3.63) is 0 Å². The zero-order chi connectivity index (χ0) is 12.3. The van der Waals surface area contributed by atoms with Crippen molar-refractivity contribution >= 4 is 0 Å². The Morgan fingerprint density at radius 3 is 2.18 bits per heavy atom. The van der Waals surface area contributed by atoms with Gasteiger partial charge in [-0.3, -0.25) is 4.90 Å². The lowest BCUT2D eigenvalue weighted by atomic mass is 9.70. The summed E-state index contributed by atoms with van der Waals surface area (Å²) in [5.74, 6) is 2.40. The summed E-state index contributed by atoms with van der Waals surface area (Å²) in [6.07, 6.45) is 12.3. The summed E-state index contributed by atoms with van der Waals surface area (Å²) in [5, 5.41) is 10.2. The summed E-state index contributed by atoms with van der Waals surface area (Å²) in [6, 6.07) is 0. The minimum atomic E-state index is -0.221. The Hall–Kier alpha value is -0.0800. The minimum Gasteiger partial charge on any atom is -0.378 e. The number of hydrogen-bond donors (Lipinski definition) is 1. The highest BCUT2D eigenvalue weighted by Gasteiger charge is 2.32. The Morgan fingerprint density at radius 2 is 1.53 bits per heavy atom. The van der Waals surface area contributed by atoms with E-state index in [1.165, 1.54) is 57.8 Å². The highest BCUT2D eigenvalue weighted by atomic mass is 16.3. The summed E-state index contributed by atoms with van der Waals surface area (Å²) < 4.78 is 0. The molecule has 100 valence electrons. The van der Waals surface area contributed by atoms with E-state index in [2.05, 4.69) is 0 Å². The molecule has 2 rings (SSSR count). The normalized spacial score (nSPS) is 33.9. The monoisotopic (exact) mass is 239 g/mol.